The summed E-state index contributed by atoms with van der Waals surface area (Å²) in [5.74, 6) is -0.625. The van der Waals surface area contributed by atoms with Gasteiger partial charge in [-0.15, -0.1) is 0 Å². The zero-order valence-electron chi connectivity index (χ0n) is 15.8. The Morgan fingerprint density at radius 1 is 1.32 bits per heavy atom. The quantitative estimate of drug-likeness (QED) is 0.868. The van der Waals surface area contributed by atoms with Gasteiger partial charge in [-0.3, -0.25) is 0 Å². The summed E-state index contributed by atoms with van der Waals surface area (Å²) in [6.45, 7) is 10.1. The normalized spacial score (nSPS) is 21.1. The lowest BCUT2D eigenvalue weighted by atomic mass is 9.83. The van der Waals surface area contributed by atoms with Gasteiger partial charge in [0.15, 0.2) is 0 Å². The molecule has 0 aromatic heterocycles. The monoisotopic (exact) mass is 347 g/mol. The molecule has 0 radical (unpaired) electrons. The number of carboxylic acid groups (broad SMARTS) is 1. The van der Waals surface area contributed by atoms with Crippen LogP contribution in [0.15, 0.2) is 18.2 Å². The largest absolute Gasteiger partial charge is 0.478 e. The average Bonchev–Trinajstić information content (AvgIpc) is 2.52. The summed E-state index contributed by atoms with van der Waals surface area (Å²) in [4.78, 5) is 25.6. The molecule has 1 fully saturated rings. The molecule has 1 aliphatic heterocycles. The Bertz CT molecular complexity index is 648. The predicted molar refractivity (Wildman–Crippen MR) is 97.1 cm³/mol. The number of benzene rings is 1. The molecule has 138 valence electrons. The number of rotatable bonds is 3. The molecule has 1 aliphatic rings. The van der Waals surface area contributed by atoms with Gasteiger partial charge in [0.1, 0.15) is 5.60 Å². The number of amides is 1. The van der Waals surface area contributed by atoms with E-state index in [1.165, 1.54) is 0 Å². The molecule has 5 nitrogen and oxygen atoms in total. The van der Waals surface area contributed by atoms with Crippen molar-refractivity contribution in [2.45, 2.75) is 71.4 Å². The van der Waals surface area contributed by atoms with Gasteiger partial charge >= 0.3 is 12.1 Å². The Kier molecular flexibility index (Phi) is 5.76. The first-order valence-corrected chi connectivity index (χ1v) is 8.95. The Hall–Kier alpha value is -2.04. The molecule has 1 saturated heterocycles. The Labute approximate surface area is 150 Å². The molecule has 0 spiro atoms. The van der Waals surface area contributed by atoms with Crippen molar-refractivity contribution < 1.29 is 19.4 Å². The van der Waals surface area contributed by atoms with E-state index in [9.17, 15) is 14.7 Å². The molecule has 2 atom stereocenters. The highest BCUT2D eigenvalue weighted by Crippen LogP contribution is 2.34. The van der Waals surface area contributed by atoms with E-state index in [0.717, 1.165) is 30.4 Å². The number of piperidine rings is 1. The van der Waals surface area contributed by atoms with Gasteiger partial charge in [0, 0.05) is 12.6 Å². The van der Waals surface area contributed by atoms with Gasteiger partial charge in [-0.1, -0.05) is 19.1 Å². The van der Waals surface area contributed by atoms with Crippen molar-refractivity contribution >= 4 is 12.1 Å². The topological polar surface area (TPSA) is 66.8 Å². The zero-order chi connectivity index (χ0) is 18.8. The van der Waals surface area contributed by atoms with Crippen LogP contribution in [0, 0.1) is 6.92 Å². The molecule has 1 aromatic carbocycles. The number of likely N-dealkylation sites (tertiary alicyclic amines) is 1. The van der Waals surface area contributed by atoms with Crippen molar-refractivity contribution in [1.82, 2.24) is 4.90 Å². The minimum absolute atomic E-state index is 0.114. The molecule has 5 heteroatoms. The molecule has 1 amide bonds. The second-order valence-corrected chi connectivity index (χ2v) is 7.84. The summed E-state index contributed by atoms with van der Waals surface area (Å²) in [6, 6.07) is 5.80. The summed E-state index contributed by atoms with van der Waals surface area (Å²) in [7, 11) is 0. The first-order valence-electron chi connectivity index (χ1n) is 8.95. The van der Waals surface area contributed by atoms with E-state index >= 15 is 0 Å². The van der Waals surface area contributed by atoms with E-state index < -0.39 is 11.6 Å². The van der Waals surface area contributed by atoms with Crippen LogP contribution in [0.4, 0.5) is 4.79 Å². The van der Waals surface area contributed by atoms with Gasteiger partial charge < -0.3 is 14.7 Å². The smallest absolute Gasteiger partial charge is 0.410 e. The maximum absolute atomic E-state index is 12.4. The average molecular weight is 347 g/mol. The van der Waals surface area contributed by atoms with Crippen molar-refractivity contribution in [3.8, 4) is 0 Å². The fourth-order valence-electron chi connectivity index (χ4n) is 3.43. The number of hydrogen-bond acceptors (Lipinski definition) is 3. The molecular weight excluding hydrogens is 318 g/mol. The van der Waals surface area contributed by atoms with Crippen molar-refractivity contribution in [3.05, 3.63) is 34.9 Å². The maximum atomic E-state index is 12.4. The van der Waals surface area contributed by atoms with Crippen molar-refractivity contribution in [2.24, 2.45) is 0 Å². The van der Waals surface area contributed by atoms with E-state index in [1.54, 1.807) is 6.07 Å². The second-order valence-electron chi connectivity index (χ2n) is 7.84. The highest BCUT2D eigenvalue weighted by Gasteiger charge is 2.34. The van der Waals surface area contributed by atoms with Crippen LogP contribution < -0.4 is 0 Å². The van der Waals surface area contributed by atoms with Gasteiger partial charge in [-0.25, -0.2) is 9.59 Å². The molecule has 1 N–H and O–H groups in total. The van der Waals surface area contributed by atoms with Gasteiger partial charge in [-0.2, -0.15) is 0 Å². The lowest BCUT2D eigenvalue weighted by Crippen LogP contribution is -2.47. The molecule has 1 aromatic rings. The third-order valence-corrected chi connectivity index (χ3v) is 4.78. The Balaban J connectivity index is 2.15. The molecule has 25 heavy (non-hydrogen) atoms. The summed E-state index contributed by atoms with van der Waals surface area (Å²) >= 11 is 0. The SMILES string of the molecule is CC[C@@H]1CC(c2ccc(C)c(C(=O)O)c2)CCN1C(=O)OC(C)(C)C. The standard InChI is InChI=1S/C20H29NO4/c1-6-16-11-15(9-10-21(16)19(24)25-20(3,4)5)14-8-7-13(2)17(12-14)18(22)23/h7-8,12,15-16H,6,9-11H2,1-5H3,(H,22,23)/t15?,16-/m1/s1. The van der Waals surface area contributed by atoms with Crippen LogP contribution in [0.2, 0.25) is 0 Å². The first kappa shape index (κ1) is 19.3. The number of nitrogens with zero attached hydrogens (tertiary/aromatic N) is 1. The van der Waals surface area contributed by atoms with Crippen LogP contribution in [0.1, 0.15) is 74.4 Å². The van der Waals surface area contributed by atoms with Gasteiger partial charge in [-0.05, 0) is 70.1 Å². The Morgan fingerprint density at radius 3 is 2.56 bits per heavy atom. The van der Waals surface area contributed by atoms with Crippen molar-refractivity contribution in [2.75, 3.05) is 6.54 Å². The minimum atomic E-state index is -0.891. The fourth-order valence-corrected chi connectivity index (χ4v) is 3.43. The number of carbonyl (C=O) groups is 2. The van der Waals surface area contributed by atoms with Crippen molar-refractivity contribution in [3.63, 3.8) is 0 Å². The first-order chi connectivity index (χ1) is 11.6. The lowest BCUT2D eigenvalue weighted by Gasteiger charge is -2.40. The summed E-state index contributed by atoms with van der Waals surface area (Å²) in [6.07, 6.45) is 2.25. The molecule has 1 unspecified atom stereocenters. The number of carbonyl (C=O) groups excluding carboxylic acids is 1. The second kappa shape index (κ2) is 7.46. The number of aromatic carboxylic acids is 1. The van der Waals surface area contributed by atoms with Gasteiger partial charge in [0.05, 0.1) is 5.56 Å². The van der Waals surface area contributed by atoms with Crippen LogP contribution in [-0.4, -0.2) is 40.3 Å². The molecule has 0 aliphatic carbocycles. The fraction of sp³-hybridized carbons (Fsp3) is 0.600. The predicted octanol–water partition coefficient (Wildman–Crippen LogP) is 4.59. The minimum Gasteiger partial charge on any atom is -0.478 e. The number of aryl methyl sites for hydroxylation is 1. The van der Waals surface area contributed by atoms with Gasteiger partial charge in [0.25, 0.3) is 0 Å². The maximum Gasteiger partial charge on any atom is 0.410 e. The zero-order valence-corrected chi connectivity index (χ0v) is 15.8. The molecular formula is C20H29NO4. The highest BCUT2D eigenvalue weighted by molar-refractivity contribution is 5.89. The third-order valence-electron chi connectivity index (χ3n) is 4.78. The van der Waals surface area contributed by atoms with Crippen LogP contribution in [0.25, 0.3) is 0 Å². The summed E-state index contributed by atoms with van der Waals surface area (Å²) < 4.78 is 5.53. The van der Waals surface area contributed by atoms with Crippen molar-refractivity contribution in [1.29, 1.82) is 0 Å². The molecule has 0 saturated carbocycles. The summed E-state index contributed by atoms with van der Waals surface area (Å²) in [5, 5.41) is 9.34. The van der Waals surface area contributed by atoms with Crippen LogP contribution >= 0.6 is 0 Å². The molecule has 0 bridgehead atoms. The van der Waals surface area contributed by atoms with E-state index in [0.29, 0.717) is 12.1 Å². The van der Waals surface area contributed by atoms with E-state index in [-0.39, 0.29) is 18.1 Å². The van der Waals surface area contributed by atoms with E-state index in [2.05, 4.69) is 6.92 Å². The van der Waals surface area contributed by atoms with E-state index in [4.69, 9.17) is 4.74 Å². The molecule has 1 heterocycles. The lowest BCUT2D eigenvalue weighted by molar-refractivity contribution is 0.00757. The van der Waals surface area contributed by atoms with Crippen LogP contribution in [0.3, 0.4) is 0 Å². The third kappa shape index (κ3) is 4.74. The van der Waals surface area contributed by atoms with Crippen LogP contribution in [-0.2, 0) is 4.74 Å². The number of carboxylic acids is 1. The van der Waals surface area contributed by atoms with Gasteiger partial charge in [0.2, 0.25) is 0 Å². The number of hydrogen-bond donors (Lipinski definition) is 1. The van der Waals surface area contributed by atoms with Crippen LogP contribution in [0.5, 0.6) is 0 Å². The highest BCUT2D eigenvalue weighted by atomic mass is 16.6. The Morgan fingerprint density at radius 2 is 2.00 bits per heavy atom. The summed E-state index contributed by atoms with van der Waals surface area (Å²) in [5.41, 5.74) is 1.68. The number of ether oxygens (including phenoxy) is 1. The molecule has 2 rings (SSSR count). The van der Waals surface area contributed by atoms with E-state index in [1.807, 2.05) is 44.7 Å².